The number of fused-ring (bicyclic) bond motifs is 1. The molecule has 0 spiro atoms. The molecule has 14 heavy (non-hydrogen) atoms. The molecule has 0 atom stereocenters. The third-order valence-electron chi connectivity index (χ3n) is 1.91. The fraction of sp³-hybridized carbons (Fsp3) is 0.250. The molecule has 0 fully saturated rings. The monoisotopic (exact) mass is 213 g/mol. The second kappa shape index (κ2) is 3.39. The Balaban J connectivity index is 2.79. The zero-order valence-electron chi connectivity index (χ0n) is 7.25. The Morgan fingerprint density at radius 2 is 2.36 bits per heavy atom. The summed E-state index contributed by atoms with van der Waals surface area (Å²) in [6, 6.07) is 1.13. The minimum absolute atomic E-state index is 0.0794. The molecule has 2 N–H and O–H groups in total. The fourth-order valence-corrected chi connectivity index (χ4v) is 2.18. The van der Waals surface area contributed by atoms with Crippen LogP contribution < -0.4 is 10.1 Å². The molecule has 0 saturated carbocycles. The van der Waals surface area contributed by atoms with Crippen LogP contribution in [0.1, 0.15) is 0 Å². The Morgan fingerprint density at radius 1 is 1.57 bits per heavy atom. The highest BCUT2D eigenvalue weighted by Gasteiger charge is 2.16. The number of hydrogen-bond donors (Lipinski definition) is 2. The van der Waals surface area contributed by atoms with Crippen LogP contribution >= 0.6 is 11.3 Å². The van der Waals surface area contributed by atoms with E-state index >= 15 is 0 Å². The van der Waals surface area contributed by atoms with Gasteiger partial charge in [0.15, 0.2) is 0 Å². The molecule has 0 unspecified atom stereocenters. The lowest BCUT2D eigenvalue weighted by Gasteiger charge is -1.99. The van der Waals surface area contributed by atoms with Crippen LogP contribution in [0.3, 0.4) is 0 Å². The molecule has 0 radical (unpaired) electrons. The predicted octanol–water partition coefficient (Wildman–Crippen LogP) is -0.654. The van der Waals surface area contributed by atoms with Crippen LogP contribution in [0, 0.1) is 0 Å². The summed E-state index contributed by atoms with van der Waals surface area (Å²) in [6.07, 6.45) is 1.63. The number of hydrogen-bond acceptors (Lipinski definition) is 4. The third-order valence-corrected chi connectivity index (χ3v) is 2.80. The lowest BCUT2D eigenvalue weighted by molar-refractivity contribution is -0.680. The van der Waals surface area contributed by atoms with Gasteiger partial charge in [-0.15, -0.1) is 0 Å². The Labute approximate surface area is 83.1 Å². The number of aromatic nitrogens is 2. The smallest absolute Gasteiger partial charge is 0.351 e. The average Bonchev–Trinajstić information content (AvgIpc) is 2.60. The summed E-state index contributed by atoms with van der Waals surface area (Å²) < 4.78 is 2.92. The van der Waals surface area contributed by atoms with Crippen molar-refractivity contribution in [2.75, 3.05) is 6.61 Å². The third kappa shape index (κ3) is 1.28. The normalized spacial score (nSPS) is 10.9. The summed E-state index contributed by atoms with van der Waals surface area (Å²) in [5.74, 6) is -0.119. The van der Waals surface area contributed by atoms with E-state index in [-0.39, 0.29) is 24.6 Å². The molecular weight excluding hydrogens is 204 g/mol. The van der Waals surface area contributed by atoms with E-state index < -0.39 is 0 Å². The van der Waals surface area contributed by atoms with Crippen molar-refractivity contribution < 1.29 is 14.8 Å². The van der Waals surface area contributed by atoms with E-state index in [0.717, 1.165) is 6.07 Å². The van der Waals surface area contributed by atoms with E-state index in [9.17, 15) is 9.90 Å². The zero-order chi connectivity index (χ0) is 10.1. The molecule has 6 heteroatoms. The minimum Gasteiger partial charge on any atom is -0.478 e. The van der Waals surface area contributed by atoms with Gasteiger partial charge in [0.1, 0.15) is 18.8 Å². The van der Waals surface area contributed by atoms with Crippen molar-refractivity contribution in [3.05, 3.63) is 28.0 Å². The zero-order valence-corrected chi connectivity index (χ0v) is 8.07. The van der Waals surface area contributed by atoms with Gasteiger partial charge in [-0.2, -0.15) is 8.97 Å². The molecular formula is C8H9N2O3S+. The molecule has 2 heterocycles. The van der Waals surface area contributed by atoms with Crippen LogP contribution in [-0.2, 0) is 6.54 Å². The first kappa shape index (κ1) is 9.17. The summed E-state index contributed by atoms with van der Waals surface area (Å²) in [5, 5.41) is 20.0. The van der Waals surface area contributed by atoms with Crippen molar-refractivity contribution in [1.82, 2.24) is 4.40 Å². The largest absolute Gasteiger partial charge is 0.478 e. The van der Waals surface area contributed by atoms with Crippen molar-refractivity contribution in [2.45, 2.75) is 6.54 Å². The maximum atomic E-state index is 11.4. The van der Waals surface area contributed by atoms with Crippen molar-refractivity contribution in [1.29, 1.82) is 0 Å². The lowest BCUT2D eigenvalue weighted by Crippen LogP contribution is -2.39. The topological polar surface area (TPSA) is 65.8 Å². The Kier molecular flexibility index (Phi) is 2.22. The van der Waals surface area contributed by atoms with Crippen molar-refractivity contribution >= 4 is 16.3 Å². The lowest BCUT2D eigenvalue weighted by atomic mass is 10.5. The maximum absolute atomic E-state index is 11.4. The highest BCUT2D eigenvalue weighted by atomic mass is 32.1. The number of thiazole rings is 1. The Morgan fingerprint density at radius 3 is 3.07 bits per heavy atom. The van der Waals surface area contributed by atoms with Gasteiger partial charge in [-0.1, -0.05) is 11.3 Å². The van der Waals surface area contributed by atoms with Crippen LogP contribution in [-0.4, -0.2) is 21.2 Å². The average molecular weight is 213 g/mol. The molecule has 2 aromatic rings. The number of nitrogens with zero attached hydrogens (tertiary/aromatic N) is 2. The molecule has 74 valence electrons. The highest BCUT2D eigenvalue weighted by Crippen LogP contribution is 2.07. The van der Waals surface area contributed by atoms with Crippen LogP contribution in [0.5, 0.6) is 5.88 Å². The fourth-order valence-electron chi connectivity index (χ4n) is 1.30. The van der Waals surface area contributed by atoms with Crippen molar-refractivity contribution in [2.24, 2.45) is 0 Å². The first-order valence-electron chi connectivity index (χ1n) is 4.06. The summed E-state index contributed by atoms with van der Waals surface area (Å²) in [7, 11) is 0. The molecule has 0 aliphatic carbocycles. The van der Waals surface area contributed by atoms with Gasteiger partial charge >= 0.3 is 10.5 Å². The van der Waals surface area contributed by atoms with E-state index in [1.54, 1.807) is 11.6 Å². The van der Waals surface area contributed by atoms with Gasteiger partial charge in [0.25, 0.3) is 5.88 Å². The van der Waals surface area contributed by atoms with Gasteiger partial charge in [0.05, 0.1) is 6.61 Å². The molecule has 0 saturated heterocycles. The highest BCUT2D eigenvalue weighted by molar-refractivity contribution is 7.14. The molecule has 5 nitrogen and oxygen atoms in total. The standard InChI is InChI=1S/C8H8N2O3S/c11-3-1-9-6(12)5-7(13)10-2-4-14-8(9)10/h2,4-5,11H,1,3H2/p+1. The van der Waals surface area contributed by atoms with Gasteiger partial charge < -0.3 is 10.2 Å². The number of rotatable bonds is 2. The van der Waals surface area contributed by atoms with Crippen LogP contribution in [0.4, 0.5) is 0 Å². The quantitative estimate of drug-likeness (QED) is 0.651. The van der Waals surface area contributed by atoms with E-state index in [4.69, 9.17) is 5.11 Å². The van der Waals surface area contributed by atoms with E-state index in [1.807, 2.05) is 0 Å². The van der Waals surface area contributed by atoms with E-state index in [2.05, 4.69) is 0 Å². The van der Waals surface area contributed by atoms with E-state index in [1.165, 1.54) is 20.3 Å². The molecule has 0 bridgehead atoms. The second-order valence-electron chi connectivity index (χ2n) is 2.77. The van der Waals surface area contributed by atoms with Gasteiger partial charge in [-0.3, -0.25) is 0 Å². The summed E-state index contributed by atoms with van der Waals surface area (Å²) >= 11 is 1.34. The first-order valence-corrected chi connectivity index (χ1v) is 4.94. The Hall–Kier alpha value is -1.40. The molecule has 0 amide bonds. The minimum atomic E-state index is -0.270. The number of aliphatic hydroxyl groups excluding tert-OH is 1. The molecule has 2 rings (SSSR count). The maximum Gasteiger partial charge on any atom is 0.351 e. The number of aromatic hydroxyl groups is 1. The summed E-state index contributed by atoms with van der Waals surface area (Å²) in [5.41, 5.74) is -0.270. The summed E-state index contributed by atoms with van der Waals surface area (Å²) in [4.78, 5) is 12.0. The van der Waals surface area contributed by atoms with Gasteiger partial charge in [0.2, 0.25) is 0 Å². The van der Waals surface area contributed by atoms with Crippen LogP contribution in [0.15, 0.2) is 22.4 Å². The van der Waals surface area contributed by atoms with Crippen molar-refractivity contribution in [3.8, 4) is 5.88 Å². The van der Waals surface area contributed by atoms with Crippen molar-refractivity contribution in [3.63, 3.8) is 0 Å². The molecule has 0 aliphatic heterocycles. The Bertz CT molecular complexity index is 517. The SMILES string of the molecule is O=c1cc(O)[n+](CCO)c2sccn12. The second-order valence-corrected chi connectivity index (χ2v) is 3.64. The van der Waals surface area contributed by atoms with Crippen LogP contribution in [0.2, 0.25) is 0 Å². The predicted molar refractivity (Wildman–Crippen MR) is 50.5 cm³/mol. The van der Waals surface area contributed by atoms with Gasteiger partial charge in [-0.25, -0.2) is 4.79 Å². The number of aliphatic hydroxyl groups is 1. The summed E-state index contributed by atoms with van der Waals surface area (Å²) in [6.45, 7) is 0.195. The van der Waals surface area contributed by atoms with Gasteiger partial charge in [-0.05, 0) is 0 Å². The molecule has 0 aliphatic rings. The van der Waals surface area contributed by atoms with Crippen LogP contribution in [0.25, 0.3) is 4.96 Å². The van der Waals surface area contributed by atoms with Gasteiger partial charge in [0, 0.05) is 5.38 Å². The molecule has 2 aromatic heterocycles. The first-order chi connectivity index (χ1) is 6.74. The van der Waals surface area contributed by atoms with E-state index in [0.29, 0.717) is 4.96 Å². The molecule has 0 aromatic carbocycles.